The number of fused-ring (bicyclic) bond motifs is 8. The van der Waals surface area contributed by atoms with Gasteiger partial charge in [0.15, 0.2) is 11.6 Å². The highest BCUT2D eigenvalue weighted by Gasteiger charge is 2.81. The molecule has 8 fully saturated rings. The van der Waals surface area contributed by atoms with Crippen molar-refractivity contribution >= 4 is 12.3 Å². The minimum absolute atomic E-state index is 0.00550. The van der Waals surface area contributed by atoms with Crippen molar-refractivity contribution in [2.45, 2.75) is 214 Å². The molecule has 0 aromatic heterocycles. The van der Waals surface area contributed by atoms with Gasteiger partial charge in [0.25, 0.3) is 0 Å². The first-order chi connectivity index (χ1) is 39.2. The highest BCUT2D eigenvalue weighted by molar-refractivity contribution is 5.87. The van der Waals surface area contributed by atoms with Crippen LogP contribution in [0, 0.1) is 45.3 Å². The van der Waals surface area contributed by atoms with Crippen LogP contribution in [0.3, 0.4) is 0 Å². The molecule has 6 saturated carbocycles. The molecule has 21 heteroatoms. The second-order valence-electron chi connectivity index (χ2n) is 29.1. The van der Waals surface area contributed by atoms with Gasteiger partial charge in [0.2, 0.25) is 0 Å². The number of carboxylic acids is 1. The minimum Gasteiger partial charge on any atom is -0.478 e. The largest absolute Gasteiger partial charge is 0.478 e. The lowest BCUT2D eigenvalue weighted by molar-refractivity contribution is -0.362. The summed E-state index contributed by atoms with van der Waals surface area (Å²) in [5.41, 5.74) is -8.19. The number of benzene rings is 2. The van der Waals surface area contributed by atoms with Gasteiger partial charge in [-0.15, -0.1) is 0 Å². The van der Waals surface area contributed by atoms with Crippen LogP contribution in [0.2, 0.25) is 0 Å². The van der Waals surface area contributed by atoms with E-state index in [-0.39, 0.29) is 67.3 Å². The van der Waals surface area contributed by atoms with Crippen LogP contribution in [-0.4, -0.2) is 122 Å². The molecule has 2 saturated heterocycles. The Hall–Kier alpha value is -3.96. The van der Waals surface area contributed by atoms with Crippen molar-refractivity contribution in [1.82, 2.24) is 0 Å². The number of carbonyl (C=O) groups excluding carboxylic acids is 1. The molecule has 85 heavy (non-hydrogen) atoms. The molecule has 10 aliphatic rings. The fourth-order valence-electron chi connectivity index (χ4n) is 18.3. The number of hydrogen-bond acceptors (Lipinski definition) is 10. The Labute approximate surface area is 487 Å². The van der Waals surface area contributed by atoms with Gasteiger partial charge < -0.3 is 44.5 Å². The van der Waals surface area contributed by atoms with Gasteiger partial charge in [-0.25, -0.2) is 4.79 Å². The van der Waals surface area contributed by atoms with Crippen molar-refractivity contribution in [3.63, 3.8) is 0 Å². The lowest BCUT2D eigenvalue weighted by atomic mass is 9.49. The van der Waals surface area contributed by atoms with Crippen molar-refractivity contribution in [3.8, 4) is 0 Å². The summed E-state index contributed by atoms with van der Waals surface area (Å²) in [5, 5.41) is 56.6. The van der Waals surface area contributed by atoms with Gasteiger partial charge in [-0.05, 0) is 135 Å². The van der Waals surface area contributed by atoms with Crippen LogP contribution in [-0.2, 0) is 18.9 Å². The van der Waals surface area contributed by atoms with E-state index >= 15 is 17.6 Å². The van der Waals surface area contributed by atoms with Crippen molar-refractivity contribution in [2.75, 3.05) is 26.4 Å². The van der Waals surface area contributed by atoms with E-state index in [1.165, 1.54) is 26.0 Å². The zero-order valence-electron chi connectivity index (χ0n) is 48.8. The Bertz CT molecular complexity index is 3010. The summed E-state index contributed by atoms with van der Waals surface area (Å²) in [6.45, 7) is 12.8. The molecular formula is C64H78F10O11. The maximum Gasteiger partial charge on any atom is 0.456 e. The molecule has 2 heterocycles. The van der Waals surface area contributed by atoms with E-state index < -0.39 is 117 Å². The fourth-order valence-corrected chi connectivity index (χ4v) is 18.3. The predicted molar refractivity (Wildman–Crippen MR) is 287 cm³/mol. The number of carbonyl (C=O) groups is 2. The SMILES string of the molecule is CC1(C)COC2(CCC3=C4C(CC[C@@]3(O)C2)C2CC[C@@](O)(C(F)(F)C(F)(F)F)[C@@]2(C)C[C@@H]4c2ccc(C(=O)O)cc2)OC1.CC1(C)COC2(CCC3=C4C(CC[C@@]3(O)C2)C2CC[C@@](O)(C(F)(F)C(F)(F)F)[C@@]2(C)C[C@@H]4c2ccc(C=O)cc2)OC1. The second kappa shape index (κ2) is 20.0. The molecule has 2 aromatic rings. The van der Waals surface area contributed by atoms with Crippen LogP contribution in [0.1, 0.15) is 188 Å². The molecule has 0 bridgehead atoms. The summed E-state index contributed by atoms with van der Waals surface area (Å²) >= 11 is 0. The third-order valence-corrected chi connectivity index (χ3v) is 22.8. The van der Waals surface area contributed by atoms with Crippen LogP contribution in [0.5, 0.6) is 0 Å². The van der Waals surface area contributed by atoms with Crippen LogP contribution in [0.15, 0.2) is 70.8 Å². The van der Waals surface area contributed by atoms with Gasteiger partial charge in [0, 0.05) is 64.7 Å². The summed E-state index contributed by atoms with van der Waals surface area (Å²) in [7, 11) is 0. The summed E-state index contributed by atoms with van der Waals surface area (Å²) in [6, 6.07) is 12.5. The third-order valence-electron chi connectivity index (χ3n) is 22.8. The van der Waals surface area contributed by atoms with Gasteiger partial charge >= 0.3 is 30.2 Å². The van der Waals surface area contributed by atoms with Gasteiger partial charge in [-0.3, -0.25) is 4.79 Å². The van der Waals surface area contributed by atoms with Crippen molar-refractivity contribution in [2.24, 2.45) is 45.3 Å². The van der Waals surface area contributed by atoms with Crippen molar-refractivity contribution in [1.29, 1.82) is 0 Å². The van der Waals surface area contributed by atoms with Gasteiger partial charge in [-0.1, -0.05) is 89.1 Å². The predicted octanol–water partition coefficient (Wildman–Crippen LogP) is 13.3. The molecule has 8 aliphatic carbocycles. The fraction of sp³-hybridized carbons (Fsp3) is 0.719. The Kier molecular flexibility index (Phi) is 14.8. The van der Waals surface area contributed by atoms with E-state index in [0.717, 1.165) is 22.3 Å². The number of aldehydes is 1. The number of hydrogen-bond donors (Lipinski definition) is 5. The zero-order valence-corrected chi connectivity index (χ0v) is 48.8. The van der Waals surface area contributed by atoms with Crippen LogP contribution in [0.4, 0.5) is 43.9 Å². The molecule has 2 aliphatic heterocycles. The molecule has 0 radical (unpaired) electrons. The molecule has 12 rings (SSSR count). The summed E-state index contributed by atoms with van der Waals surface area (Å²) in [4.78, 5) is 22.9. The highest BCUT2D eigenvalue weighted by atomic mass is 19.4. The Morgan fingerprint density at radius 1 is 0.518 bits per heavy atom. The average Bonchev–Trinajstić information content (AvgIpc) is 1.65. The molecule has 12 atom stereocenters. The number of rotatable bonds is 6. The summed E-state index contributed by atoms with van der Waals surface area (Å²) in [6.07, 6.45) is -9.36. The maximum atomic E-state index is 15.2. The molecule has 2 aromatic carbocycles. The Morgan fingerprint density at radius 2 is 0.871 bits per heavy atom. The standard InChI is InChI=1S/C32H39F5O6.C32H39F5O5/c1-26(2)16-42-29(43-17-26)12-9-23-24-20(8-11-28(23,40)15-29)22-10-13-30(41,31(33,34)32(35,36)37)27(22,3)14-21(24)18-4-6-19(7-5-18)25(38)39;1-26(2)17-41-29(42-18-26)12-9-24-25-21(8-11-28(24,39)16-29)23-10-13-30(40,31(33,34)32(35,36)37)27(23,3)14-22(25)20-6-4-19(15-38)5-7-20/h4-7,20-22,40-41H,8-17H2,1-3H3,(H,38,39);4-7,15,21-23,39-40H,8-14,16-18H2,1-3H3/t20?,21-,22?,27+,28-,30+;21?,22-,23?,27+,28-,30+/m11/s1. The monoisotopic (exact) mass is 1210 g/mol. The number of halogens is 10. The van der Waals surface area contributed by atoms with Crippen LogP contribution in [0.25, 0.3) is 0 Å². The molecule has 0 amide bonds. The number of ether oxygens (including phenoxy) is 4. The lowest BCUT2D eigenvalue weighted by Crippen LogP contribution is -2.65. The van der Waals surface area contributed by atoms with E-state index in [1.807, 2.05) is 27.7 Å². The van der Waals surface area contributed by atoms with Crippen molar-refractivity contribution in [3.05, 3.63) is 93.1 Å². The molecule has 5 N–H and O–H groups in total. The first-order valence-electron chi connectivity index (χ1n) is 29.9. The number of alkyl halides is 10. The third kappa shape index (κ3) is 9.54. The van der Waals surface area contributed by atoms with E-state index in [4.69, 9.17) is 18.9 Å². The van der Waals surface area contributed by atoms with Gasteiger partial charge in [0.05, 0.1) is 43.2 Å². The summed E-state index contributed by atoms with van der Waals surface area (Å²) in [5.74, 6) is -17.1. The molecule has 470 valence electrons. The van der Waals surface area contributed by atoms with E-state index in [9.17, 15) is 61.5 Å². The lowest BCUT2D eigenvalue weighted by Gasteiger charge is -2.59. The summed E-state index contributed by atoms with van der Waals surface area (Å²) < 4.78 is 168. The molecule has 11 nitrogen and oxygen atoms in total. The van der Waals surface area contributed by atoms with E-state index in [1.54, 1.807) is 36.4 Å². The minimum atomic E-state index is -5.93. The first-order valence-corrected chi connectivity index (χ1v) is 29.9. The molecule has 2 spiro atoms. The van der Waals surface area contributed by atoms with Gasteiger partial charge in [0.1, 0.15) is 17.5 Å². The van der Waals surface area contributed by atoms with E-state index in [2.05, 4.69) is 0 Å². The topological polar surface area (TPSA) is 172 Å². The average molecular weight is 1210 g/mol. The van der Waals surface area contributed by atoms with Crippen LogP contribution >= 0.6 is 0 Å². The van der Waals surface area contributed by atoms with Crippen LogP contribution < -0.4 is 0 Å². The van der Waals surface area contributed by atoms with Crippen molar-refractivity contribution < 1.29 is 98.0 Å². The molecular weight excluding hydrogens is 1130 g/mol. The second-order valence-corrected chi connectivity index (χ2v) is 29.1. The smallest absolute Gasteiger partial charge is 0.456 e. The number of aromatic carboxylic acids is 1. The Morgan fingerprint density at radius 3 is 1.20 bits per heavy atom. The quantitative estimate of drug-likeness (QED) is 0.106. The number of carboxylic acid groups (broad SMARTS) is 1. The Balaban J connectivity index is 0.000000177. The molecule has 4 unspecified atom stereocenters. The normalized spacial score (nSPS) is 39.1. The maximum absolute atomic E-state index is 15.2. The van der Waals surface area contributed by atoms with E-state index in [0.29, 0.717) is 94.3 Å². The first kappa shape index (κ1) is 62.6. The highest BCUT2D eigenvalue weighted by Crippen LogP contribution is 2.74. The number of aliphatic hydroxyl groups is 4. The number of allylic oxidation sites excluding steroid dienone is 2. The zero-order chi connectivity index (χ0) is 62.0. The van der Waals surface area contributed by atoms with Gasteiger partial charge in [-0.2, -0.15) is 43.9 Å².